The Morgan fingerprint density at radius 2 is 1.41 bits per heavy atom. The average Bonchev–Trinajstić information content (AvgIpc) is 2.45. The molecule has 12 heteroatoms. The molecule has 1 aliphatic heterocycles. The lowest BCUT2D eigenvalue weighted by molar-refractivity contribution is -0.332. The first kappa shape index (κ1) is 23.7. The van der Waals surface area contributed by atoms with Crippen LogP contribution in [-0.4, -0.2) is 57.8 Å². The summed E-state index contributed by atoms with van der Waals surface area (Å²) >= 11 is 16.9. The van der Waals surface area contributed by atoms with Crippen LogP contribution in [0.4, 0.5) is 0 Å². The second-order valence-corrected chi connectivity index (χ2v) is 8.23. The van der Waals surface area contributed by atoms with Gasteiger partial charge in [0.2, 0.25) is 12.0 Å². The maximum Gasteiger partial charge on any atom is 0.303 e. The minimum absolute atomic E-state index is 0.673. The third-order valence-electron chi connectivity index (χ3n) is 3.48. The highest BCUT2D eigenvalue weighted by Gasteiger charge is 2.59. The van der Waals surface area contributed by atoms with Crippen molar-refractivity contribution in [1.82, 2.24) is 0 Å². The van der Waals surface area contributed by atoms with Crippen molar-refractivity contribution in [3.8, 4) is 0 Å². The van der Waals surface area contributed by atoms with Gasteiger partial charge in [-0.1, -0.05) is 34.8 Å². The number of hydrogen-bond acceptors (Lipinski definition) is 9. The molecule has 27 heavy (non-hydrogen) atoms. The number of alkyl halides is 3. The summed E-state index contributed by atoms with van der Waals surface area (Å²) in [5, 5.41) is 7.78. The zero-order valence-electron chi connectivity index (χ0n) is 15.2. The molecule has 154 valence electrons. The normalized spacial score (nSPS) is 30.8. The van der Waals surface area contributed by atoms with E-state index in [9.17, 15) is 14.4 Å². The smallest absolute Gasteiger partial charge is 0.303 e. The maximum atomic E-state index is 11.6. The van der Waals surface area contributed by atoms with Crippen molar-refractivity contribution in [2.45, 2.75) is 68.6 Å². The van der Waals surface area contributed by atoms with Gasteiger partial charge in [0.15, 0.2) is 12.2 Å². The minimum atomic E-state index is -2.22. The van der Waals surface area contributed by atoms with Crippen LogP contribution < -0.4 is 0 Å². The summed E-state index contributed by atoms with van der Waals surface area (Å²) in [6.45, 7) is 6.19. The van der Waals surface area contributed by atoms with E-state index < -0.39 is 57.8 Å². The number of esters is 3. The Balaban J connectivity index is 3.37. The van der Waals surface area contributed by atoms with Crippen LogP contribution in [0.3, 0.4) is 0 Å². The summed E-state index contributed by atoms with van der Waals surface area (Å²) < 4.78 is 24.4. The highest BCUT2D eigenvalue weighted by Crippen LogP contribution is 2.39. The molecule has 0 aliphatic carbocycles. The van der Waals surface area contributed by atoms with Gasteiger partial charge in [0.05, 0.1) is 0 Å². The highest BCUT2D eigenvalue weighted by molar-refractivity contribution is 6.76. The Kier molecular flexibility index (Phi) is 7.75. The van der Waals surface area contributed by atoms with Crippen LogP contribution in [0.5, 0.6) is 0 Å². The van der Waals surface area contributed by atoms with E-state index in [0.29, 0.717) is 0 Å². The second-order valence-electron chi connectivity index (χ2n) is 5.95. The van der Waals surface area contributed by atoms with Gasteiger partial charge in [0.1, 0.15) is 6.10 Å². The molecule has 0 saturated carbocycles. The van der Waals surface area contributed by atoms with E-state index in [1.165, 1.54) is 13.8 Å². The van der Waals surface area contributed by atoms with Crippen molar-refractivity contribution >= 4 is 58.6 Å². The molecular weight excluding hydrogens is 429 g/mol. The number of nitrogens with one attached hydrogen (secondary N) is 1. The van der Waals surface area contributed by atoms with Gasteiger partial charge in [-0.25, -0.2) is 0 Å². The molecule has 0 aromatic rings. The number of rotatable bonds is 4. The molecule has 0 bridgehead atoms. The minimum Gasteiger partial charge on any atom is -0.456 e. The summed E-state index contributed by atoms with van der Waals surface area (Å²) in [7, 11) is 0. The van der Waals surface area contributed by atoms with Gasteiger partial charge in [-0.2, -0.15) is 0 Å². The fourth-order valence-corrected chi connectivity index (χ4v) is 2.73. The molecular formula is C15H20Cl3NO8. The van der Waals surface area contributed by atoms with Crippen molar-refractivity contribution in [3.63, 3.8) is 0 Å². The molecule has 1 N–H and O–H groups in total. The number of carbonyl (C=O) groups excluding carboxylic acids is 3. The van der Waals surface area contributed by atoms with Crippen LogP contribution in [-0.2, 0) is 38.1 Å². The third-order valence-corrected chi connectivity index (χ3v) is 4.00. The Morgan fingerprint density at radius 1 is 0.963 bits per heavy atom. The summed E-state index contributed by atoms with van der Waals surface area (Å²) in [6, 6.07) is 0. The van der Waals surface area contributed by atoms with Gasteiger partial charge in [0, 0.05) is 27.7 Å². The van der Waals surface area contributed by atoms with Gasteiger partial charge in [-0.3, -0.25) is 19.8 Å². The lowest BCUT2D eigenvalue weighted by Gasteiger charge is -2.48. The second kappa shape index (κ2) is 8.81. The first-order valence-electron chi connectivity index (χ1n) is 7.71. The van der Waals surface area contributed by atoms with Gasteiger partial charge in [-0.05, 0) is 6.92 Å². The Morgan fingerprint density at radius 3 is 1.81 bits per heavy atom. The summed E-state index contributed by atoms with van der Waals surface area (Å²) in [5.41, 5.74) is 0. The molecule has 1 fully saturated rings. The van der Waals surface area contributed by atoms with Crippen molar-refractivity contribution in [2.24, 2.45) is 0 Å². The molecule has 0 spiro atoms. The van der Waals surface area contributed by atoms with Crippen LogP contribution in [0.1, 0.15) is 34.6 Å². The molecule has 1 heterocycles. The standard InChI is InChI=1S/C15H20Cl3NO8/c1-6-10(23-7(2)20)11(24-8(3)21)12(25-9(4)22)14(5,26-6)27-13(19)15(16,17)18/h6,10-12,19H,1-5H3/t6-,10-,11+,12-,14-/m1/s1. The van der Waals surface area contributed by atoms with E-state index in [4.69, 9.17) is 63.9 Å². The van der Waals surface area contributed by atoms with Crippen molar-refractivity contribution in [2.75, 3.05) is 0 Å². The van der Waals surface area contributed by atoms with Crippen molar-refractivity contribution in [3.05, 3.63) is 0 Å². The average molecular weight is 449 g/mol. The fraction of sp³-hybridized carbons (Fsp3) is 0.733. The van der Waals surface area contributed by atoms with Gasteiger partial charge < -0.3 is 23.7 Å². The molecule has 5 atom stereocenters. The summed E-state index contributed by atoms with van der Waals surface area (Å²) in [4.78, 5) is 34.6. The molecule has 0 unspecified atom stereocenters. The van der Waals surface area contributed by atoms with Gasteiger partial charge in [-0.15, -0.1) is 0 Å². The predicted molar refractivity (Wildman–Crippen MR) is 94.7 cm³/mol. The molecule has 0 aromatic carbocycles. The molecule has 0 radical (unpaired) electrons. The van der Waals surface area contributed by atoms with Gasteiger partial charge in [0.25, 0.3) is 9.58 Å². The molecule has 9 nitrogen and oxygen atoms in total. The van der Waals surface area contributed by atoms with E-state index in [2.05, 4.69) is 0 Å². The number of carbonyl (C=O) groups is 3. The van der Waals surface area contributed by atoms with Crippen LogP contribution in [0.15, 0.2) is 0 Å². The first-order chi connectivity index (χ1) is 12.2. The number of ether oxygens (including phenoxy) is 5. The zero-order chi connectivity index (χ0) is 21.2. The van der Waals surface area contributed by atoms with Crippen LogP contribution >= 0.6 is 34.8 Å². The topological polar surface area (TPSA) is 121 Å². The van der Waals surface area contributed by atoms with E-state index in [1.807, 2.05) is 0 Å². The van der Waals surface area contributed by atoms with E-state index in [1.54, 1.807) is 0 Å². The largest absolute Gasteiger partial charge is 0.456 e. The summed E-state index contributed by atoms with van der Waals surface area (Å²) in [6.07, 6.45) is -4.74. The van der Waals surface area contributed by atoms with E-state index in [-0.39, 0.29) is 0 Å². The Labute approximate surface area is 170 Å². The third kappa shape index (κ3) is 6.38. The molecule has 0 aromatic heterocycles. The number of hydrogen-bond donors (Lipinski definition) is 1. The first-order valence-corrected chi connectivity index (χ1v) is 8.85. The van der Waals surface area contributed by atoms with Crippen LogP contribution in [0.2, 0.25) is 0 Å². The zero-order valence-corrected chi connectivity index (χ0v) is 17.5. The predicted octanol–water partition coefficient (Wildman–Crippen LogP) is 2.28. The van der Waals surface area contributed by atoms with E-state index >= 15 is 0 Å². The fourth-order valence-electron chi connectivity index (χ4n) is 2.61. The van der Waals surface area contributed by atoms with Gasteiger partial charge >= 0.3 is 17.9 Å². The SMILES string of the molecule is CC(=O)O[C@H]1[C@H](OC(C)=O)[C@@H](C)O[C@](C)(OC(=N)C(Cl)(Cl)Cl)[C@@H]1OC(C)=O. The highest BCUT2D eigenvalue weighted by atomic mass is 35.6. The molecule has 1 saturated heterocycles. The maximum absolute atomic E-state index is 11.6. The monoisotopic (exact) mass is 447 g/mol. The van der Waals surface area contributed by atoms with Crippen LogP contribution in [0.25, 0.3) is 0 Å². The Hall–Kier alpha value is -1.29. The summed E-state index contributed by atoms with van der Waals surface area (Å²) in [5.74, 6) is -4.88. The molecule has 1 aliphatic rings. The Bertz CT molecular complexity index is 623. The lowest BCUT2D eigenvalue weighted by Crippen LogP contribution is -2.67. The quantitative estimate of drug-likeness (QED) is 0.228. The van der Waals surface area contributed by atoms with Crippen molar-refractivity contribution in [1.29, 1.82) is 5.41 Å². The molecule has 0 amide bonds. The number of halogens is 3. The van der Waals surface area contributed by atoms with Crippen LogP contribution in [0, 0.1) is 5.41 Å². The van der Waals surface area contributed by atoms with Crippen molar-refractivity contribution < 1.29 is 38.1 Å². The molecule has 1 rings (SSSR count). The van der Waals surface area contributed by atoms with E-state index in [0.717, 1.165) is 20.8 Å². The lowest BCUT2D eigenvalue weighted by atomic mass is 9.93.